The van der Waals surface area contributed by atoms with Crippen LogP contribution in [0.5, 0.6) is 11.5 Å². The number of carbonyl (C=O) groups excluding carboxylic acids is 1. The Morgan fingerprint density at radius 2 is 1.88 bits per heavy atom. The molecule has 0 fully saturated rings. The minimum absolute atomic E-state index is 0.341. The molecule has 0 heterocycles. The van der Waals surface area contributed by atoms with Crippen molar-refractivity contribution in [2.24, 2.45) is 5.10 Å². The highest BCUT2D eigenvalue weighted by molar-refractivity contribution is 6.35. The molecular weight excluding hydrogens is 375 g/mol. The Morgan fingerprint density at radius 1 is 1.19 bits per heavy atom. The molecule has 0 spiro atoms. The largest absolute Gasteiger partial charge is 0.497 e. The van der Waals surface area contributed by atoms with Crippen molar-refractivity contribution in [1.29, 1.82) is 0 Å². The van der Waals surface area contributed by atoms with Crippen LogP contribution in [-0.2, 0) is 4.79 Å². The van der Waals surface area contributed by atoms with E-state index in [9.17, 15) is 4.79 Å². The third kappa shape index (κ3) is 5.38. The van der Waals surface area contributed by atoms with Crippen LogP contribution < -0.4 is 14.9 Å². The lowest BCUT2D eigenvalue weighted by Crippen LogP contribution is -2.34. The number of amides is 1. The summed E-state index contributed by atoms with van der Waals surface area (Å²) in [6, 6.07) is 12.3. The average Bonchev–Trinajstić information content (AvgIpc) is 2.64. The lowest BCUT2D eigenvalue weighted by atomic mass is 10.1. The van der Waals surface area contributed by atoms with Crippen LogP contribution in [0.1, 0.15) is 25.8 Å². The molecule has 1 N–H and O–H groups in total. The summed E-state index contributed by atoms with van der Waals surface area (Å²) in [5.74, 6) is 0.763. The zero-order chi connectivity index (χ0) is 19.1. The van der Waals surface area contributed by atoms with Crippen molar-refractivity contribution in [2.75, 3.05) is 7.11 Å². The van der Waals surface area contributed by atoms with Crippen LogP contribution in [0, 0.1) is 0 Å². The smallest absolute Gasteiger partial charge is 0.280 e. The van der Waals surface area contributed by atoms with E-state index in [1.54, 1.807) is 32.2 Å². The van der Waals surface area contributed by atoms with E-state index >= 15 is 0 Å². The normalized spacial score (nSPS) is 12.4. The van der Waals surface area contributed by atoms with Gasteiger partial charge in [-0.15, -0.1) is 0 Å². The van der Waals surface area contributed by atoms with E-state index in [-0.39, 0.29) is 5.91 Å². The molecule has 5 nitrogen and oxygen atoms in total. The number of hydrazone groups is 1. The standard InChI is InChI=1S/C19H20Cl2N2O3/c1-4-17(13-5-8-15(25-3)9-6-13)22-23-19(24)12(2)26-18-10-7-14(20)11-16(18)21/h5-12H,4H2,1-3H3,(H,23,24)/b22-17+. The number of halogens is 2. The van der Waals surface area contributed by atoms with Crippen LogP contribution in [0.15, 0.2) is 47.6 Å². The number of methoxy groups -OCH3 is 1. The zero-order valence-corrected chi connectivity index (χ0v) is 16.3. The second kappa shape index (κ2) is 9.46. The van der Waals surface area contributed by atoms with Crippen molar-refractivity contribution in [3.63, 3.8) is 0 Å². The van der Waals surface area contributed by atoms with Crippen LogP contribution in [0.3, 0.4) is 0 Å². The fraction of sp³-hybridized carbons (Fsp3) is 0.263. The molecule has 2 aromatic carbocycles. The van der Waals surface area contributed by atoms with E-state index < -0.39 is 6.10 Å². The fourth-order valence-electron chi connectivity index (χ4n) is 2.16. The average molecular weight is 395 g/mol. The highest BCUT2D eigenvalue weighted by Gasteiger charge is 2.16. The third-order valence-electron chi connectivity index (χ3n) is 3.63. The van der Waals surface area contributed by atoms with Crippen molar-refractivity contribution in [2.45, 2.75) is 26.4 Å². The summed E-state index contributed by atoms with van der Waals surface area (Å²) < 4.78 is 10.7. The topological polar surface area (TPSA) is 59.9 Å². The molecule has 0 bridgehead atoms. The van der Waals surface area contributed by atoms with Gasteiger partial charge in [-0.1, -0.05) is 30.1 Å². The van der Waals surface area contributed by atoms with Crippen molar-refractivity contribution >= 4 is 34.8 Å². The maximum atomic E-state index is 12.2. The van der Waals surface area contributed by atoms with Gasteiger partial charge in [0.25, 0.3) is 5.91 Å². The first kappa shape index (κ1) is 20.1. The summed E-state index contributed by atoms with van der Waals surface area (Å²) in [6.07, 6.45) is -0.114. The maximum absolute atomic E-state index is 12.2. The molecule has 0 radical (unpaired) electrons. The molecule has 0 aliphatic heterocycles. The van der Waals surface area contributed by atoms with Gasteiger partial charge in [0, 0.05) is 5.02 Å². The number of ether oxygens (including phenoxy) is 2. The molecule has 1 unspecified atom stereocenters. The van der Waals surface area contributed by atoms with Gasteiger partial charge >= 0.3 is 0 Å². The zero-order valence-electron chi connectivity index (χ0n) is 14.8. The number of carbonyl (C=O) groups is 1. The monoisotopic (exact) mass is 394 g/mol. The van der Waals surface area contributed by atoms with Crippen molar-refractivity contribution < 1.29 is 14.3 Å². The van der Waals surface area contributed by atoms with Crippen molar-refractivity contribution in [3.8, 4) is 11.5 Å². The van der Waals surface area contributed by atoms with E-state index in [4.69, 9.17) is 32.7 Å². The van der Waals surface area contributed by atoms with Crippen molar-refractivity contribution in [3.05, 3.63) is 58.1 Å². The van der Waals surface area contributed by atoms with Crippen molar-refractivity contribution in [1.82, 2.24) is 5.43 Å². The Bertz CT molecular complexity index is 792. The Kier molecular flexibility index (Phi) is 7.30. The minimum Gasteiger partial charge on any atom is -0.497 e. The maximum Gasteiger partial charge on any atom is 0.280 e. The van der Waals surface area contributed by atoms with Gasteiger partial charge in [0.1, 0.15) is 11.5 Å². The van der Waals surface area contributed by atoms with Gasteiger partial charge in [-0.05, 0) is 61.4 Å². The molecule has 1 atom stereocenters. The number of nitrogens with one attached hydrogen (secondary N) is 1. The van der Waals surface area contributed by atoms with Crippen LogP contribution in [0.25, 0.3) is 0 Å². The van der Waals surface area contributed by atoms with Crippen LogP contribution in [-0.4, -0.2) is 24.8 Å². The molecule has 2 rings (SSSR count). The van der Waals surface area contributed by atoms with Gasteiger partial charge in [0.2, 0.25) is 0 Å². The Morgan fingerprint density at radius 3 is 2.46 bits per heavy atom. The first-order chi connectivity index (χ1) is 12.4. The van der Waals surface area contributed by atoms with Gasteiger partial charge in [0.05, 0.1) is 17.8 Å². The van der Waals surface area contributed by atoms with E-state index in [0.717, 1.165) is 17.0 Å². The third-order valence-corrected chi connectivity index (χ3v) is 4.16. The molecule has 138 valence electrons. The predicted octanol–water partition coefficient (Wildman–Crippen LogP) is 4.70. The summed E-state index contributed by atoms with van der Waals surface area (Å²) in [7, 11) is 1.61. The second-order valence-electron chi connectivity index (χ2n) is 5.45. The molecule has 0 saturated carbocycles. The first-order valence-corrected chi connectivity index (χ1v) is 8.82. The second-order valence-corrected chi connectivity index (χ2v) is 6.30. The van der Waals surface area contributed by atoms with Crippen LogP contribution in [0.2, 0.25) is 10.0 Å². The number of benzene rings is 2. The lowest BCUT2D eigenvalue weighted by Gasteiger charge is -2.14. The van der Waals surface area contributed by atoms with Gasteiger partial charge in [-0.25, -0.2) is 5.43 Å². The Balaban J connectivity index is 2.02. The molecule has 7 heteroatoms. The molecule has 1 amide bonds. The molecule has 26 heavy (non-hydrogen) atoms. The summed E-state index contributed by atoms with van der Waals surface area (Å²) in [5, 5.41) is 5.05. The van der Waals surface area contributed by atoms with Crippen LogP contribution in [0.4, 0.5) is 0 Å². The van der Waals surface area contributed by atoms with E-state index in [0.29, 0.717) is 22.2 Å². The molecule has 0 aromatic heterocycles. The molecule has 0 aliphatic carbocycles. The van der Waals surface area contributed by atoms with E-state index in [2.05, 4.69) is 10.5 Å². The number of hydrogen-bond acceptors (Lipinski definition) is 4. The Hall–Kier alpha value is -2.24. The minimum atomic E-state index is -0.772. The highest BCUT2D eigenvalue weighted by Crippen LogP contribution is 2.28. The van der Waals surface area contributed by atoms with E-state index in [1.165, 1.54) is 0 Å². The lowest BCUT2D eigenvalue weighted by molar-refractivity contribution is -0.127. The van der Waals surface area contributed by atoms with Gasteiger partial charge in [0.15, 0.2) is 6.10 Å². The molecule has 2 aromatic rings. The van der Waals surface area contributed by atoms with Gasteiger partial charge < -0.3 is 9.47 Å². The van der Waals surface area contributed by atoms with Gasteiger partial charge in [-0.3, -0.25) is 4.79 Å². The first-order valence-electron chi connectivity index (χ1n) is 8.07. The number of nitrogens with zero attached hydrogens (tertiary/aromatic N) is 1. The fourth-order valence-corrected chi connectivity index (χ4v) is 2.61. The summed E-state index contributed by atoms with van der Waals surface area (Å²) >= 11 is 11.9. The summed E-state index contributed by atoms with van der Waals surface area (Å²) in [6.45, 7) is 3.58. The Labute approximate surface area is 162 Å². The predicted molar refractivity (Wildman–Crippen MR) is 105 cm³/mol. The summed E-state index contributed by atoms with van der Waals surface area (Å²) in [5.41, 5.74) is 4.19. The number of hydrogen-bond donors (Lipinski definition) is 1. The molecular formula is C19H20Cl2N2O3. The van der Waals surface area contributed by atoms with Crippen LogP contribution >= 0.6 is 23.2 Å². The number of rotatable bonds is 7. The summed E-state index contributed by atoms with van der Waals surface area (Å²) in [4.78, 5) is 12.2. The SMILES string of the molecule is CC/C(=N\NC(=O)C(C)Oc1ccc(Cl)cc1Cl)c1ccc(OC)cc1. The highest BCUT2D eigenvalue weighted by atomic mass is 35.5. The van der Waals surface area contributed by atoms with Gasteiger partial charge in [-0.2, -0.15) is 5.10 Å². The quantitative estimate of drug-likeness (QED) is 0.546. The van der Waals surface area contributed by atoms with E-state index in [1.807, 2.05) is 31.2 Å². The molecule has 0 saturated heterocycles. The molecule has 0 aliphatic rings.